The molecule has 2 aromatic carbocycles. The number of unbranched alkanes of at least 4 members (excludes halogenated alkanes) is 27. The third-order valence-corrected chi connectivity index (χ3v) is 11.8. The van der Waals surface area contributed by atoms with Gasteiger partial charge < -0.3 is 33.8 Å². The zero-order valence-electron chi connectivity index (χ0n) is 39.6. The number of halogens is 2. The number of nitrogens with zero attached hydrogens (tertiary/aromatic N) is 2. The van der Waals surface area contributed by atoms with Crippen LogP contribution in [0, 0.1) is 0 Å². The second kappa shape index (κ2) is 42.4. The average Bonchev–Trinajstić information content (AvgIpc) is 3.18. The van der Waals surface area contributed by atoms with Crippen LogP contribution in [0.1, 0.15) is 218 Å². The van der Waals surface area contributed by atoms with E-state index in [-0.39, 0.29) is 24.8 Å². The van der Waals surface area contributed by atoms with Crippen molar-refractivity contribution in [2.45, 2.75) is 220 Å². The van der Waals surface area contributed by atoms with Crippen LogP contribution in [0.2, 0.25) is 0 Å². The number of benzene rings is 2. The molecule has 0 radical (unpaired) electrons. The molecule has 0 aliphatic heterocycles. The lowest BCUT2D eigenvalue weighted by molar-refractivity contribution is -0.903. The van der Waals surface area contributed by atoms with E-state index in [0.717, 1.165) is 22.1 Å². The Morgan fingerprint density at radius 3 is 0.845 bits per heavy atom. The Bertz CT molecular complexity index is 1100. The molecule has 0 unspecified atom stereocenters. The third-order valence-electron chi connectivity index (χ3n) is 11.8. The highest BCUT2D eigenvalue weighted by atomic mass is 35.5. The molecule has 2 nitrogen and oxygen atoms in total. The average molecular weight is 846 g/mol. The largest absolute Gasteiger partial charge is 1.00 e. The second-order valence-electron chi connectivity index (χ2n) is 18.8. The van der Waals surface area contributed by atoms with Crippen molar-refractivity contribution in [3.05, 3.63) is 83.9 Å². The Labute approximate surface area is 376 Å². The Kier molecular flexibility index (Phi) is 42.9. The Morgan fingerprint density at radius 2 is 0.569 bits per heavy atom. The molecular weight excluding hydrogens is 748 g/mol. The maximum atomic E-state index is 2.43. The molecule has 0 amide bonds. The van der Waals surface area contributed by atoms with Crippen molar-refractivity contribution in [1.82, 2.24) is 0 Å². The van der Waals surface area contributed by atoms with Crippen LogP contribution in [0.15, 0.2) is 72.8 Å². The molecule has 338 valence electrons. The third kappa shape index (κ3) is 40.1. The fourth-order valence-corrected chi connectivity index (χ4v) is 8.19. The molecule has 4 heteroatoms. The predicted molar refractivity (Wildman–Crippen MR) is 253 cm³/mol. The molecule has 0 saturated heterocycles. The van der Waals surface area contributed by atoms with Gasteiger partial charge in [0, 0.05) is 11.1 Å². The summed E-state index contributed by atoms with van der Waals surface area (Å²) in [6.07, 6.45) is 47.4. The zero-order chi connectivity index (χ0) is 40.7. The lowest BCUT2D eigenvalue weighted by Crippen LogP contribution is -3.00. The molecule has 0 heterocycles. The number of allylic oxidation sites excluding steroid dienone is 2. The van der Waals surface area contributed by atoms with Gasteiger partial charge in [-0.1, -0.05) is 228 Å². The molecular formula is C54H98Cl2N2. The molecule has 2 aromatic rings. The van der Waals surface area contributed by atoms with E-state index in [4.69, 9.17) is 0 Å². The second-order valence-corrected chi connectivity index (χ2v) is 18.8. The molecule has 0 saturated carbocycles. The van der Waals surface area contributed by atoms with Crippen molar-refractivity contribution < 1.29 is 33.8 Å². The summed E-state index contributed by atoms with van der Waals surface area (Å²) in [5.41, 5.74) is 2.92. The highest BCUT2D eigenvalue weighted by molar-refractivity contribution is 5.14. The zero-order valence-corrected chi connectivity index (χ0v) is 41.1. The van der Waals surface area contributed by atoms with Crippen molar-refractivity contribution in [2.75, 3.05) is 41.3 Å². The molecule has 0 spiro atoms. The van der Waals surface area contributed by atoms with Gasteiger partial charge in [0.25, 0.3) is 0 Å². The monoisotopic (exact) mass is 845 g/mol. The molecule has 58 heavy (non-hydrogen) atoms. The maximum absolute atomic E-state index is 2.43. The summed E-state index contributed by atoms with van der Waals surface area (Å²) in [5, 5.41) is 0. The van der Waals surface area contributed by atoms with E-state index in [1.54, 1.807) is 0 Å². The minimum Gasteiger partial charge on any atom is -1.00 e. The standard InChI is InChI=1S/C27H50N.C27H48N.2ClH/c2*1-4-5-6-7-8-9-10-11-12-13-14-15-16-17-18-22-25-28(2,3)26-27-23-20-19-21-24-27;;/h19-21,23-24H,4-18,22,25-26H2,1-3H3;11-12,19-21,23-24H,4-10,13-18,22,25-26H2,1-3H3;2*1H/q2*+1;;/p-2/b;12-11-;;. The smallest absolute Gasteiger partial charge is 0.104 e. The number of hydrogen-bond acceptors (Lipinski definition) is 0. The first kappa shape index (κ1) is 58.8. The van der Waals surface area contributed by atoms with Crippen LogP contribution < -0.4 is 24.8 Å². The van der Waals surface area contributed by atoms with Crippen molar-refractivity contribution in [3.8, 4) is 0 Å². The highest BCUT2D eigenvalue weighted by Crippen LogP contribution is 2.17. The van der Waals surface area contributed by atoms with Crippen LogP contribution >= 0.6 is 0 Å². The topological polar surface area (TPSA) is 0 Å². The molecule has 0 aromatic heterocycles. The first-order chi connectivity index (χ1) is 27.3. The quantitative estimate of drug-likeness (QED) is 0.0361. The summed E-state index contributed by atoms with van der Waals surface area (Å²) in [7, 11) is 9.48. The molecule has 0 N–H and O–H groups in total. The molecule has 0 fully saturated rings. The summed E-state index contributed by atoms with van der Waals surface area (Å²) in [4.78, 5) is 0. The summed E-state index contributed by atoms with van der Waals surface area (Å²) in [5.74, 6) is 0. The van der Waals surface area contributed by atoms with Gasteiger partial charge >= 0.3 is 0 Å². The minimum atomic E-state index is 0. The van der Waals surface area contributed by atoms with E-state index in [1.165, 1.54) is 217 Å². The fraction of sp³-hybridized carbons (Fsp3) is 0.741. The number of rotatable bonds is 37. The number of quaternary nitrogens is 2. The van der Waals surface area contributed by atoms with Gasteiger partial charge in [0.1, 0.15) is 13.1 Å². The number of hydrogen-bond donors (Lipinski definition) is 0. The van der Waals surface area contributed by atoms with Crippen LogP contribution in [0.5, 0.6) is 0 Å². The molecule has 0 aliphatic rings. The molecule has 2 rings (SSSR count). The van der Waals surface area contributed by atoms with E-state index in [2.05, 4.69) is 115 Å². The minimum absolute atomic E-state index is 0. The van der Waals surface area contributed by atoms with Gasteiger partial charge in [0.05, 0.1) is 41.3 Å². The van der Waals surface area contributed by atoms with Crippen LogP contribution in [-0.2, 0) is 13.1 Å². The fourth-order valence-electron chi connectivity index (χ4n) is 8.19. The lowest BCUT2D eigenvalue weighted by atomic mass is 10.0. The Hall–Kier alpha value is -1.32. The Morgan fingerprint density at radius 1 is 0.328 bits per heavy atom. The van der Waals surface area contributed by atoms with Gasteiger partial charge in [-0.15, -0.1) is 0 Å². The van der Waals surface area contributed by atoms with Gasteiger partial charge in [-0.25, -0.2) is 0 Å². The predicted octanol–water partition coefficient (Wildman–Crippen LogP) is 10.8. The first-order valence-electron chi connectivity index (χ1n) is 24.6. The van der Waals surface area contributed by atoms with Gasteiger partial charge in [-0.2, -0.15) is 0 Å². The van der Waals surface area contributed by atoms with E-state index in [9.17, 15) is 0 Å². The normalized spacial score (nSPS) is 11.6. The van der Waals surface area contributed by atoms with Gasteiger partial charge in [-0.05, 0) is 51.4 Å². The SMILES string of the molecule is CCCCCCCC/C=C\CCCCCCCC[N+](C)(C)Cc1ccccc1.CCCCCCCCCCCCCCCCCC[N+](C)(C)Cc1ccccc1.[Cl-].[Cl-]. The van der Waals surface area contributed by atoms with E-state index in [1.807, 2.05) is 0 Å². The lowest BCUT2D eigenvalue weighted by Gasteiger charge is -2.30. The van der Waals surface area contributed by atoms with Crippen LogP contribution in [0.4, 0.5) is 0 Å². The first-order valence-corrected chi connectivity index (χ1v) is 24.6. The maximum Gasteiger partial charge on any atom is 0.104 e. The van der Waals surface area contributed by atoms with Crippen LogP contribution in [0.25, 0.3) is 0 Å². The van der Waals surface area contributed by atoms with Gasteiger partial charge in [0.2, 0.25) is 0 Å². The van der Waals surface area contributed by atoms with Crippen molar-refractivity contribution in [3.63, 3.8) is 0 Å². The summed E-state index contributed by atoms with van der Waals surface area (Å²) < 4.78 is 2.22. The van der Waals surface area contributed by atoms with E-state index < -0.39 is 0 Å². The van der Waals surface area contributed by atoms with E-state index >= 15 is 0 Å². The molecule has 0 aliphatic carbocycles. The molecule has 0 bridgehead atoms. The summed E-state index contributed by atoms with van der Waals surface area (Å²) in [6.45, 7) is 9.47. The van der Waals surface area contributed by atoms with Gasteiger partial charge in [-0.3, -0.25) is 0 Å². The molecule has 0 atom stereocenters. The summed E-state index contributed by atoms with van der Waals surface area (Å²) in [6, 6.07) is 21.9. The van der Waals surface area contributed by atoms with Crippen LogP contribution in [-0.4, -0.2) is 50.2 Å². The van der Waals surface area contributed by atoms with Crippen molar-refractivity contribution >= 4 is 0 Å². The summed E-state index contributed by atoms with van der Waals surface area (Å²) >= 11 is 0. The Balaban J connectivity index is 0. The highest BCUT2D eigenvalue weighted by Gasteiger charge is 2.16. The van der Waals surface area contributed by atoms with E-state index in [0.29, 0.717) is 0 Å². The van der Waals surface area contributed by atoms with Gasteiger partial charge in [0.15, 0.2) is 0 Å². The van der Waals surface area contributed by atoms with Crippen molar-refractivity contribution in [2.24, 2.45) is 0 Å². The van der Waals surface area contributed by atoms with Crippen LogP contribution in [0.3, 0.4) is 0 Å². The van der Waals surface area contributed by atoms with Crippen molar-refractivity contribution in [1.29, 1.82) is 0 Å².